The van der Waals surface area contributed by atoms with Crippen molar-refractivity contribution in [2.75, 3.05) is 19.6 Å². The summed E-state index contributed by atoms with van der Waals surface area (Å²) in [6, 6.07) is 4.73. The van der Waals surface area contributed by atoms with Gasteiger partial charge in [0.25, 0.3) is 5.91 Å². The van der Waals surface area contributed by atoms with Gasteiger partial charge < -0.3 is 9.88 Å². The number of aryl methyl sites for hydroxylation is 1. The average Bonchev–Trinajstić information content (AvgIpc) is 3.01. The molecule has 10 heteroatoms. The largest absolute Gasteiger partial charge is 0.352 e. The first-order chi connectivity index (χ1) is 13.3. The van der Waals surface area contributed by atoms with Crippen molar-refractivity contribution in [2.24, 2.45) is 7.05 Å². The number of sulfonamides is 1. The molecule has 1 amide bonds. The number of nitrogens with one attached hydrogen (secondary N) is 2. The molecule has 0 bridgehead atoms. The second-order valence-corrected chi connectivity index (χ2v) is 9.28. The van der Waals surface area contributed by atoms with E-state index >= 15 is 0 Å². The Bertz CT molecular complexity index is 1020. The van der Waals surface area contributed by atoms with Crippen LogP contribution in [-0.2, 0) is 23.5 Å². The van der Waals surface area contributed by atoms with Crippen LogP contribution in [0, 0.1) is 11.7 Å². The molecule has 0 atom stereocenters. The van der Waals surface area contributed by atoms with Crippen molar-refractivity contribution < 1.29 is 13.2 Å². The molecule has 152 valence electrons. The monoisotopic (exact) mass is 423 g/mol. The molecule has 0 spiro atoms. The highest BCUT2D eigenvalue weighted by Gasteiger charge is 2.27. The Hall–Kier alpha value is -2.04. The van der Waals surface area contributed by atoms with Crippen molar-refractivity contribution in [1.29, 1.82) is 0 Å². The van der Waals surface area contributed by atoms with Gasteiger partial charge in [0.05, 0.1) is 4.90 Å². The maximum atomic E-state index is 12.9. The van der Waals surface area contributed by atoms with Crippen LogP contribution in [0.3, 0.4) is 0 Å². The molecule has 1 aromatic heterocycles. The summed E-state index contributed by atoms with van der Waals surface area (Å²) in [6.45, 7) is 3.23. The van der Waals surface area contributed by atoms with Crippen LogP contribution in [0.4, 0.5) is 0 Å². The summed E-state index contributed by atoms with van der Waals surface area (Å²) in [7, 11) is -1.77. The Kier molecular flexibility index (Phi) is 6.31. The van der Waals surface area contributed by atoms with Crippen molar-refractivity contribution in [3.05, 3.63) is 39.9 Å². The molecule has 0 saturated carbocycles. The highest BCUT2D eigenvalue weighted by atomic mass is 32.2. The summed E-state index contributed by atoms with van der Waals surface area (Å²) in [5.74, 6) is 0.438. The molecule has 2 N–H and O–H groups in total. The molecule has 8 nitrogen and oxygen atoms in total. The molecule has 3 rings (SSSR count). The molecule has 1 aromatic carbocycles. The number of carbonyl (C=O) groups excluding carboxylic acids is 1. The number of aromatic nitrogens is 3. The van der Waals surface area contributed by atoms with E-state index in [1.54, 1.807) is 23.6 Å². The standard InChI is InChI=1S/C18H25N5O3S2/c1-13-6-7-14(28(25,26)23-10-4-3-5-11-23)12-15(13)17(24)19-9-8-16-20-21-18(27)22(16)2/h6-7,12H,3-5,8-11H2,1-2H3,(H,19,24)(H,21,27). The number of amides is 1. The number of aromatic amines is 1. The lowest BCUT2D eigenvalue weighted by molar-refractivity contribution is 0.0953. The fourth-order valence-corrected chi connectivity index (χ4v) is 4.94. The zero-order valence-corrected chi connectivity index (χ0v) is 17.7. The zero-order chi connectivity index (χ0) is 20.3. The lowest BCUT2D eigenvalue weighted by Gasteiger charge is -2.26. The van der Waals surface area contributed by atoms with Crippen LogP contribution in [0.25, 0.3) is 0 Å². The lowest BCUT2D eigenvalue weighted by atomic mass is 10.1. The first-order valence-electron chi connectivity index (χ1n) is 9.30. The average molecular weight is 424 g/mol. The van der Waals surface area contributed by atoms with E-state index in [0.717, 1.165) is 30.7 Å². The molecule has 0 aliphatic carbocycles. The molecule has 1 aliphatic heterocycles. The van der Waals surface area contributed by atoms with Gasteiger partial charge in [0.1, 0.15) is 5.82 Å². The maximum Gasteiger partial charge on any atom is 0.251 e. The minimum Gasteiger partial charge on any atom is -0.352 e. The fourth-order valence-electron chi connectivity index (χ4n) is 3.25. The van der Waals surface area contributed by atoms with Crippen LogP contribution in [0.15, 0.2) is 23.1 Å². The summed E-state index contributed by atoms with van der Waals surface area (Å²) in [6.07, 6.45) is 3.30. The van der Waals surface area contributed by atoms with E-state index in [1.807, 2.05) is 7.05 Å². The van der Waals surface area contributed by atoms with E-state index < -0.39 is 10.0 Å². The van der Waals surface area contributed by atoms with Crippen LogP contribution in [0.2, 0.25) is 0 Å². The second kappa shape index (κ2) is 8.54. The summed E-state index contributed by atoms with van der Waals surface area (Å²) >= 11 is 5.07. The first kappa shape index (κ1) is 20.7. The smallest absolute Gasteiger partial charge is 0.251 e. The van der Waals surface area contributed by atoms with Gasteiger partial charge in [-0.25, -0.2) is 8.42 Å². The number of piperidine rings is 1. The predicted octanol–water partition coefficient (Wildman–Crippen LogP) is 1.93. The molecule has 2 aromatic rings. The third-order valence-corrected chi connectivity index (χ3v) is 7.27. The Morgan fingerprint density at radius 1 is 1.29 bits per heavy atom. The Labute approximate surface area is 170 Å². The van der Waals surface area contributed by atoms with Gasteiger partial charge in [-0.15, -0.1) is 0 Å². The number of hydrogen-bond acceptors (Lipinski definition) is 5. The lowest BCUT2D eigenvalue weighted by Crippen LogP contribution is -2.35. The van der Waals surface area contributed by atoms with Gasteiger partial charge in [0, 0.05) is 38.7 Å². The highest BCUT2D eigenvalue weighted by Crippen LogP contribution is 2.22. The zero-order valence-electron chi connectivity index (χ0n) is 16.1. The molecular weight excluding hydrogens is 398 g/mol. The van der Waals surface area contributed by atoms with Crippen molar-refractivity contribution >= 4 is 28.1 Å². The molecule has 0 radical (unpaired) electrons. The van der Waals surface area contributed by atoms with Gasteiger partial charge >= 0.3 is 0 Å². The summed E-state index contributed by atoms with van der Waals surface area (Å²) in [5, 5.41) is 9.65. The third kappa shape index (κ3) is 4.34. The Morgan fingerprint density at radius 2 is 2.00 bits per heavy atom. The first-order valence-corrected chi connectivity index (χ1v) is 11.1. The third-order valence-electron chi connectivity index (χ3n) is 5.01. The van der Waals surface area contributed by atoms with Crippen LogP contribution in [0.5, 0.6) is 0 Å². The molecule has 1 fully saturated rings. The van der Waals surface area contributed by atoms with Crippen LogP contribution in [-0.4, -0.2) is 53.0 Å². The fraction of sp³-hybridized carbons (Fsp3) is 0.500. The minimum atomic E-state index is -3.58. The second-order valence-electron chi connectivity index (χ2n) is 6.95. The van der Waals surface area contributed by atoms with Gasteiger partial charge in [0.2, 0.25) is 10.0 Å². The highest BCUT2D eigenvalue weighted by molar-refractivity contribution is 7.89. The summed E-state index contributed by atoms with van der Waals surface area (Å²) in [4.78, 5) is 12.8. The topological polar surface area (TPSA) is 100 Å². The number of rotatable bonds is 6. The Morgan fingerprint density at radius 3 is 2.64 bits per heavy atom. The van der Waals surface area contributed by atoms with E-state index in [1.165, 1.54) is 10.4 Å². The van der Waals surface area contributed by atoms with Crippen molar-refractivity contribution in [2.45, 2.75) is 37.5 Å². The van der Waals surface area contributed by atoms with Gasteiger partial charge in [-0.2, -0.15) is 9.40 Å². The number of benzene rings is 1. The summed E-state index contributed by atoms with van der Waals surface area (Å²) in [5.41, 5.74) is 1.10. The molecular formula is C18H25N5O3S2. The minimum absolute atomic E-state index is 0.166. The molecule has 28 heavy (non-hydrogen) atoms. The molecule has 2 heterocycles. The number of hydrogen-bond donors (Lipinski definition) is 2. The van der Waals surface area contributed by atoms with Gasteiger partial charge in [0.15, 0.2) is 4.77 Å². The van der Waals surface area contributed by atoms with Crippen LogP contribution >= 0.6 is 12.2 Å². The predicted molar refractivity (Wildman–Crippen MR) is 108 cm³/mol. The van der Waals surface area contributed by atoms with Gasteiger partial charge in [-0.1, -0.05) is 12.5 Å². The Balaban J connectivity index is 1.72. The van der Waals surface area contributed by atoms with E-state index in [9.17, 15) is 13.2 Å². The maximum absolute atomic E-state index is 12.9. The van der Waals surface area contributed by atoms with E-state index in [2.05, 4.69) is 15.5 Å². The molecule has 0 unspecified atom stereocenters. The normalized spacial score (nSPS) is 15.5. The number of H-pyrrole nitrogens is 1. The molecule has 1 aliphatic rings. The summed E-state index contributed by atoms with van der Waals surface area (Å²) < 4.78 is 29.5. The van der Waals surface area contributed by atoms with Gasteiger partial charge in [-0.3, -0.25) is 9.89 Å². The SMILES string of the molecule is Cc1ccc(S(=O)(=O)N2CCCCC2)cc1C(=O)NCCc1n[nH]c(=S)n1C. The molecule has 1 saturated heterocycles. The van der Waals surface area contributed by atoms with Crippen molar-refractivity contribution in [3.8, 4) is 0 Å². The van der Waals surface area contributed by atoms with Crippen LogP contribution < -0.4 is 5.32 Å². The quantitative estimate of drug-likeness (QED) is 0.692. The van der Waals surface area contributed by atoms with Crippen LogP contribution in [0.1, 0.15) is 41.0 Å². The van der Waals surface area contributed by atoms with Crippen molar-refractivity contribution in [1.82, 2.24) is 24.4 Å². The number of carbonyl (C=O) groups is 1. The van der Waals surface area contributed by atoms with E-state index in [4.69, 9.17) is 12.2 Å². The van der Waals surface area contributed by atoms with E-state index in [0.29, 0.717) is 36.4 Å². The van der Waals surface area contributed by atoms with Crippen molar-refractivity contribution in [3.63, 3.8) is 0 Å². The van der Waals surface area contributed by atoms with Gasteiger partial charge in [-0.05, 0) is 49.7 Å². The number of nitrogens with zero attached hydrogens (tertiary/aromatic N) is 3. The van der Waals surface area contributed by atoms with E-state index in [-0.39, 0.29) is 10.8 Å².